The largest absolute Gasteiger partial charge is 0.325 e. The van der Waals surface area contributed by atoms with Gasteiger partial charge < -0.3 is 5.32 Å². The molecule has 116 valence electrons. The maximum atomic E-state index is 12.9. The van der Waals surface area contributed by atoms with Crippen LogP contribution in [0.1, 0.15) is 18.5 Å². The Balaban J connectivity index is 1.92. The fraction of sp³-hybridized carbons (Fsp3) is 0.235. The number of anilines is 1. The molecule has 0 unspecified atom stereocenters. The standard InChI is InChI=1S/C17H18ClFN2O/c1-12(13-3-7-15(19)8-4-13)21(2)11-17(22)20-16-9-5-14(18)6-10-16/h3-10,12H,11H2,1-2H3,(H,20,22)/t12-/m1/s1. The first-order valence-corrected chi connectivity index (χ1v) is 7.34. The maximum absolute atomic E-state index is 12.9. The van der Waals surface area contributed by atoms with Crippen molar-refractivity contribution in [3.63, 3.8) is 0 Å². The molecule has 2 aromatic carbocycles. The summed E-state index contributed by atoms with van der Waals surface area (Å²) in [5.41, 5.74) is 1.67. The lowest BCUT2D eigenvalue weighted by Gasteiger charge is -2.24. The van der Waals surface area contributed by atoms with Crippen LogP contribution in [0.5, 0.6) is 0 Å². The molecule has 0 fully saturated rings. The molecule has 22 heavy (non-hydrogen) atoms. The SMILES string of the molecule is C[C@H](c1ccc(F)cc1)N(C)CC(=O)Nc1ccc(Cl)cc1. The second-order valence-corrected chi connectivity index (χ2v) is 5.63. The van der Waals surface area contributed by atoms with Gasteiger partial charge in [0.15, 0.2) is 0 Å². The Morgan fingerprint density at radius 2 is 1.77 bits per heavy atom. The summed E-state index contributed by atoms with van der Waals surface area (Å²) in [5, 5.41) is 3.44. The second-order valence-electron chi connectivity index (χ2n) is 5.20. The van der Waals surface area contributed by atoms with Crippen molar-refractivity contribution >= 4 is 23.2 Å². The van der Waals surface area contributed by atoms with E-state index in [-0.39, 0.29) is 24.3 Å². The van der Waals surface area contributed by atoms with Gasteiger partial charge in [0.2, 0.25) is 5.91 Å². The molecule has 5 heteroatoms. The predicted molar refractivity (Wildman–Crippen MR) is 87.5 cm³/mol. The summed E-state index contributed by atoms with van der Waals surface area (Å²) in [6.07, 6.45) is 0. The van der Waals surface area contributed by atoms with Crippen LogP contribution >= 0.6 is 11.6 Å². The van der Waals surface area contributed by atoms with Gasteiger partial charge in [-0.05, 0) is 55.9 Å². The van der Waals surface area contributed by atoms with E-state index in [1.807, 2.05) is 18.9 Å². The van der Waals surface area contributed by atoms with Gasteiger partial charge in [-0.3, -0.25) is 9.69 Å². The number of hydrogen-bond acceptors (Lipinski definition) is 2. The average molecular weight is 321 g/mol. The van der Waals surface area contributed by atoms with Gasteiger partial charge in [-0.25, -0.2) is 4.39 Å². The molecule has 0 aliphatic carbocycles. The molecule has 0 spiro atoms. The molecule has 0 radical (unpaired) electrons. The van der Waals surface area contributed by atoms with Gasteiger partial charge >= 0.3 is 0 Å². The van der Waals surface area contributed by atoms with E-state index in [2.05, 4.69) is 5.32 Å². The first-order chi connectivity index (χ1) is 10.5. The van der Waals surface area contributed by atoms with Gasteiger partial charge in [0, 0.05) is 16.8 Å². The van der Waals surface area contributed by atoms with Crippen molar-refractivity contribution in [2.24, 2.45) is 0 Å². The molecule has 0 bridgehead atoms. The summed E-state index contributed by atoms with van der Waals surface area (Å²) < 4.78 is 12.9. The highest BCUT2D eigenvalue weighted by atomic mass is 35.5. The first-order valence-electron chi connectivity index (χ1n) is 6.97. The summed E-state index contributed by atoms with van der Waals surface area (Å²) in [4.78, 5) is 14.0. The molecule has 0 aromatic heterocycles. The highest BCUT2D eigenvalue weighted by Gasteiger charge is 2.15. The Bertz CT molecular complexity index is 628. The summed E-state index contributed by atoms with van der Waals surface area (Å²) >= 11 is 5.81. The zero-order valence-corrected chi connectivity index (χ0v) is 13.3. The van der Waals surface area contributed by atoms with Crippen LogP contribution in [0.4, 0.5) is 10.1 Å². The molecule has 0 saturated carbocycles. The van der Waals surface area contributed by atoms with Gasteiger partial charge in [0.25, 0.3) is 0 Å². The van der Waals surface area contributed by atoms with E-state index >= 15 is 0 Å². The maximum Gasteiger partial charge on any atom is 0.238 e. The van der Waals surface area contributed by atoms with Crippen molar-refractivity contribution in [3.8, 4) is 0 Å². The third-order valence-corrected chi connectivity index (χ3v) is 3.79. The van der Waals surface area contributed by atoms with Crippen molar-refractivity contribution in [1.82, 2.24) is 4.90 Å². The topological polar surface area (TPSA) is 32.3 Å². The number of nitrogens with one attached hydrogen (secondary N) is 1. The van der Waals surface area contributed by atoms with Crippen LogP contribution < -0.4 is 5.32 Å². The van der Waals surface area contributed by atoms with Crippen LogP contribution in [-0.4, -0.2) is 24.4 Å². The number of rotatable bonds is 5. The van der Waals surface area contributed by atoms with Crippen molar-refractivity contribution in [1.29, 1.82) is 0 Å². The minimum Gasteiger partial charge on any atom is -0.325 e. The average Bonchev–Trinajstić information content (AvgIpc) is 2.49. The van der Waals surface area contributed by atoms with Gasteiger partial charge in [-0.2, -0.15) is 0 Å². The van der Waals surface area contributed by atoms with Crippen LogP contribution in [0.15, 0.2) is 48.5 Å². The van der Waals surface area contributed by atoms with Crippen LogP contribution in [0.3, 0.4) is 0 Å². The zero-order valence-electron chi connectivity index (χ0n) is 12.5. The molecule has 2 rings (SSSR count). The van der Waals surface area contributed by atoms with Crippen LogP contribution in [0, 0.1) is 5.82 Å². The lowest BCUT2D eigenvalue weighted by molar-refractivity contribution is -0.117. The van der Waals surface area contributed by atoms with Crippen LogP contribution in [-0.2, 0) is 4.79 Å². The number of amides is 1. The Morgan fingerprint density at radius 3 is 2.36 bits per heavy atom. The number of benzene rings is 2. The zero-order chi connectivity index (χ0) is 16.1. The Kier molecular flexibility index (Phi) is 5.52. The molecule has 0 aliphatic rings. The van der Waals surface area contributed by atoms with Gasteiger partial charge in [0.1, 0.15) is 5.82 Å². The van der Waals surface area contributed by atoms with Crippen molar-refractivity contribution in [3.05, 3.63) is 64.9 Å². The van der Waals surface area contributed by atoms with Gasteiger partial charge in [0.05, 0.1) is 6.54 Å². The molecule has 0 aliphatic heterocycles. The molecule has 1 N–H and O–H groups in total. The van der Waals surface area contributed by atoms with E-state index in [1.54, 1.807) is 36.4 Å². The van der Waals surface area contributed by atoms with Crippen LogP contribution in [0.2, 0.25) is 5.02 Å². The third-order valence-electron chi connectivity index (χ3n) is 3.53. The number of nitrogens with zero attached hydrogens (tertiary/aromatic N) is 1. The number of carbonyl (C=O) groups is 1. The third kappa shape index (κ3) is 4.55. The van der Waals surface area contributed by atoms with E-state index in [0.717, 1.165) is 5.56 Å². The van der Waals surface area contributed by atoms with Gasteiger partial charge in [-0.1, -0.05) is 23.7 Å². The lowest BCUT2D eigenvalue weighted by atomic mass is 10.1. The van der Waals surface area contributed by atoms with E-state index in [9.17, 15) is 9.18 Å². The molecular formula is C17H18ClFN2O. The first kappa shape index (κ1) is 16.5. The molecule has 1 amide bonds. The summed E-state index contributed by atoms with van der Waals surface area (Å²) in [6.45, 7) is 2.21. The second kappa shape index (κ2) is 7.38. The summed E-state index contributed by atoms with van der Waals surface area (Å²) in [5.74, 6) is -0.377. The van der Waals surface area contributed by atoms with Crippen molar-refractivity contribution in [2.75, 3.05) is 18.9 Å². The smallest absolute Gasteiger partial charge is 0.238 e. The molecule has 0 saturated heterocycles. The predicted octanol–water partition coefficient (Wildman–Crippen LogP) is 4.11. The Hall–Kier alpha value is -1.91. The summed E-state index contributed by atoms with van der Waals surface area (Å²) in [6, 6.07) is 13.3. The number of carbonyl (C=O) groups excluding carboxylic acids is 1. The number of halogens is 2. The molecule has 3 nitrogen and oxygen atoms in total. The highest BCUT2D eigenvalue weighted by Crippen LogP contribution is 2.19. The van der Waals surface area contributed by atoms with Crippen molar-refractivity contribution in [2.45, 2.75) is 13.0 Å². The fourth-order valence-electron chi connectivity index (χ4n) is 2.09. The highest BCUT2D eigenvalue weighted by molar-refractivity contribution is 6.30. The Morgan fingerprint density at radius 1 is 1.18 bits per heavy atom. The van der Waals surface area contributed by atoms with E-state index < -0.39 is 0 Å². The fourth-order valence-corrected chi connectivity index (χ4v) is 2.22. The minimum absolute atomic E-state index is 0.0107. The normalized spacial score (nSPS) is 12.2. The molecule has 1 atom stereocenters. The van der Waals surface area contributed by atoms with Gasteiger partial charge in [-0.15, -0.1) is 0 Å². The number of hydrogen-bond donors (Lipinski definition) is 1. The van der Waals surface area contributed by atoms with Crippen molar-refractivity contribution < 1.29 is 9.18 Å². The minimum atomic E-state index is -0.265. The van der Waals surface area contributed by atoms with E-state index in [1.165, 1.54) is 12.1 Å². The molecule has 0 heterocycles. The molecular weight excluding hydrogens is 303 g/mol. The van der Waals surface area contributed by atoms with Crippen LogP contribution in [0.25, 0.3) is 0 Å². The lowest BCUT2D eigenvalue weighted by Crippen LogP contribution is -2.32. The van der Waals surface area contributed by atoms with E-state index in [4.69, 9.17) is 11.6 Å². The quantitative estimate of drug-likeness (QED) is 0.899. The molecule has 2 aromatic rings. The Labute approximate surface area is 134 Å². The summed E-state index contributed by atoms with van der Waals surface area (Å²) in [7, 11) is 1.86. The number of likely N-dealkylation sites (N-methyl/N-ethyl adjacent to an activating group) is 1. The monoisotopic (exact) mass is 320 g/mol. The van der Waals surface area contributed by atoms with E-state index in [0.29, 0.717) is 10.7 Å².